The highest BCUT2D eigenvalue weighted by atomic mass is 16.5. The third kappa shape index (κ3) is 4.44. The Morgan fingerprint density at radius 1 is 1.43 bits per heavy atom. The molecule has 1 saturated heterocycles. The molecule has 116 valence electrons. The molecule has 0 spiro atoms. The van der Waals surface area contributed by atoms with Crippen LogP contribution in [0.3, 0.4) is 0 Å². The van der Waals surface area contributed by atoms with Gasteiger partial charge < -0.3 is 15.4 Å². The number of likely N-dealkylation sites (tertiary alicyclic amines) is 1. The zero-order valence-electron chi connectivity index (χ0n) is 12.9. The van der Waals surface area contributed by atoms with E-state index in [0.717, 1.165) is 38.2 Å². The van der Waals surface area contributed by atoms with E-state index >= 15 is 0 Å². The first-order chi connectivity index (χ1) is 10.1. The zero-order chi connectivity index (χ0) is 15.2. The van der Waals surface area contributed by atoms with Gasteiger partial charge in [-0.2, -0.15) is 0 Å². The van der Waals surface area contributed by atoms with Crippen molar-refractivity contribution in [1.82, 2.24) is 4.90 Å². The average Bonchev–Trinajstić information content (AvgIpc) is 2.48. The number of piperidine rings is 1. The van der Waals surface area contributed by atoms with E-state index in [2.05, 4.69) is 4.90 Å². The lowest BCUT2D eigenvalue weighted by Gasteiger charge is -2.33. The smallest absolute Gasteiger partial charge is 0.240 e. The summed E-state index contributed by atoms with van der Waals surface area (Å²) in [6.45, 7) is 4.99. The molecule has 1 aromatic carbocycles. The normalized spacial score (nSPS) is 19.4. The summed E-state index contributed by atoms with van der Waals surface area (Å²) < 4.78 is 5.67. The number of nitrogens with zero attached hydrogens (tertiary/aromatic N) is 2. The van der Waals surface area contributed by atoms with Gasteiger partial charge >= 0.3 is 0 Å². The lowest BCUT2D eigenvalue weighted by molar-refractivity contribution is -0.120. The Labute approximate surface area is 126 Å². The van der Waals surface area contributed by atoms with E-state index in [0.29, 0.717) is 12.2 Å². The largest absolute Gasteiger partial charge is 0.399 e. The fourth-order valence-corrected chi connectivity index (χ4v) is 2.67. The number of anilines is 2. The number of nitrogen functional groups attached to an aromatic ring is 1. The van der Waals surface area contributed by atoms with Crippen LogP contribution in [0.4, 0.5) is 11.4 Å². The van der Waals surface area contributed by atoms with Crippen molar-refractivity contribution in [3.05, 3.63) is 24.3 Å². The molecule has 1 unspecified atom stereocenters. The summed E-state index contributed by atoms with van der Waals surface area (Å²) in [4.78, 5) is 16.2. The van der Waals surface area contributed by atoms with Crippen LogP contribution in [-0.2, 0) is 9.53 Å². The van der Waals surface area contributed by atoms with Crippen LogP contribution in [0.25, 0.3) is 0 Å². The van der Waals surface area contributed by atoms with Crippen LogP contribution in [-0.4, -0.2) is 50.2 Å². The van der Waals surface area contributed by atoms with E-state index < -0.39 is 0 Å². The summed E-state index contributed by atoms with van der Waals surface area (Å²) in [6.07, 6.45) is 2.44. The highest BCUT2D eigenvalue weighted by Crippen LogP contribution is 2.17. The van der Waals surface area contributed by atoms with Crippen LogP contribution in [0.5, 0.6) is 0 Å². The van der Waals surface area contributed by atoms with Crippen LogP contribution in [0.2, 0.25) is 0 Å². The number of hydrogen-bond donors (Lipinski definition) is 1. The fraction of sp³-hybridized carbons (Fsp3) is 0.562. The topological polar surface area (TPSA) is 58.8 Å². The van der Waals surface area contributed by atoms with Gasteiger partial charge in [0.15, 0.2) is 0 Å². The molecule has 1 amide bonds. The molecule has 1 fully saturated rings. The Morgan fingerprint density at radius 3 is 2.81 bits per heavy atom. The third-order valence-electron chi connectivity index (χ3n) is 3.88. The molecule has 21 heavy (non-hydrogen) atoms. The third-order valence-corrected chi connectivity index (χ3v) is 3.88. The van der Waals surface area contributed by atoms with Crippen LogP contribution in [0.15, 0.2) is 24.3 Å². The minimum Gasteiger partial charge on any atom is -0.399 e. The number of likely N-dealkylation sites (N-methyl/N-ethyl adjacent to an activating group) is 1. The van der Waals surface area contributed by atoms with E-state index in [-0.39, 0.29) is 12.0 Å². The van der Waals surface area contributed by atoms with Crippen molar-refractivity contribution in [1.29, 1.82) is 0 Å². The van der Waals surface area contributed by atoms with Crippen LogP contribution in [0.1, 0.15) is 19.8 Å². The summed E-state index contributed by atoms with van der Waals surface area (Å²) in [7, 11) is 1.80. The Balaban J connectivity index is 1.89. The maximum absolute atomic E-state index is 12.4. The van der Waals surface area contributed by atoms with Crippen LogP contribution in [0, 0.1) is 0 Å². The number of hydrogen-bond acceptors (Lipinski definition) is 4. The SMILES string of the molecule is CCOC1CCCN(CC(=O)N(C)c2ccc(N)cc2)C1. The molecule has 0 saturated carbocycles. The maximum Gasteiger partial charge on any atom is 0.240 e. The summed E-state index contributed by atoms with van der Waals surface area (Å²) in [5.41, 5.74) is 7.24. The number of benzene rings is 1. The second kappa shape index (κ2) is 7.43. The standard InChI is InChI=1S/C16H25N3O2/c1-3-21-15-5-4-10-19(11-15)12-16(20)18(2)14-8-6-13(17)7-9-14/h6-9,15H,3-5,10-12,17H2,1-2H3. The number of rotatable bonds is 5. The molecule has 0 radical (unpaired) electrons. The second-order valence-corrected chi connectivity index (χ2v) is 5.50. The lowest BCUT2D eigenvalue weighted by Crippen LogP contribution is -2.45. The number of ether oxygens (including phenoxy) is 1. The highest BCUT2D eigenvalue weighted by Gasteiger charge is 2.23. The average molecular weight is 291 g/mol. The van der Waals surface area contributed by atoms with Crippen LogP contribution >= 0.6 is 0 Å². The molecule has 1 aromatic rings. The van der Waals surface area contributed by atoms with E-state index in [1.54, 1.807) is 11.9 Å². The Hall–Kier alpha value is -1.59. The Morgan fingerprint density at radius 2 is 2.14 bits per heavy atom. The first-order valence-corrected chi connectivity index (χ1v) is 7.56. The lowest BCUT2D eigenvalue weighted by atomic mass is 10.1. The van der Waals surface area contributed by atoms with Crippen molar-refractivity contribution in [2.24, 2.45) is 0 Å². The molecule has 0 aromatic heterocycles. The predicted molar refractivity (Wildman–Crippen MR) is 85.4 cm³/mol. The number of carbonyl (C=O) groups is 1. The van der Waals surface area contributed by atoms with Gasteiger partial charge in [-0.25, -0.2) is 0 Å². The van der Waals surface area contributed by atoms with Gasteiger partial charge in [0.1, 0.15) is 0 Å². The molecule has 5 nitrogen and oxygen atoms in total. The van der Waals surface area contributed by atoms with Gasteiger partial charge in [-0.15, -0.1) is 0 Å². The molecule has 5 heteroatoms. The molecule has 0 bridgehead atoms. The second-order valence-electron chi connectivity index (χ2n) is 5.50. The van der Waals surface area contributed by atoms with Gasteiger partial charge in [-0.1, -0.05) is 0 Å². The van der Waals surface area contributed by atoms with Crippen molar-refractivity contribution in [3.63, 3.8) is 0 Å². The molecule has 2 N–H and O–H groups in total. The van der Waals surface area contributed by atoms with E-state index in [4.69, 9.17) is 10.5 Å². The first-order valence-electron chi connectivity index (χ1n) is 7.56. The van der Waals surface area contributed by atoms with Gasteiger partial charge in [0.2, 0.25) is 5.91 Å². The van der Waals surface area contributed by atoms with E-state index in [9.17, 15) is 4.79 Å². The van der Waals surface area contributed by atoms with Crippen molar-refractivity contribution in [2.45, 2.75) is 25.9 Å². The predicted octanol–water partition coefficient (Wildman–Crippen LogP) is 1.73. The molecule has 2 rings (SSSR count). The van der Waals surface area contributed by atoms with Crippen molar-refractivity contribution in [3.8, 4) is 0 Å². The molecule has 1 aliphatic rings. The van der Waals surface area contributed by atoms with Gasteiger partial charge in [0, 0.05) is 31.6 Å². The minimum atomic E-state index is 0.0944. The number of nitrogens with two attached hydrogens (primary N) is 1. The Bertz CT molecular complexity index is 459. The van der Waals surface area contributed by atoms with Crippen molar-refractivity contribution in [2.75, 3.05) is 43.9 Å². The summed E-state index contributed by atoms with van der Waals surface area (Å²) in [5.74, 6) is 0.0944. The maximum atomic E-state index is 12.4. The van der Waals surface area contributed by atoms with Gasteiger partial charge in [-0.3, -0.25) is 9.69 Å². The molecule has 1 heterocycles. The van der Waals surface area contributed by atoms with Gasteiger partial charge in [-0.05, 0) is 50.6 Å². The zero-order valence-corrected chi connectivity index (χ0v) is 12.9. The Kier molecular flexibility index (Phi) is 5.59. The summed E-state index contributed by atoms with van der Waals surface area (Å²) >= 11 is 0. The first kappa shape index (κ1) is 15.8. The quantitative estimate of drug-likeness (QED) is 0.839. The van der Waals surface area contributed by atoms with Gasteiger partial charge in [0.05, 0.1) is 12.6 Å². The monoisotopic (exact) mass is 291 g/mol. The molecule has 0 aliphatic carbocycles. The van der Waals surface area contributed by atoms with Crippen molar-refractivity contribution >= 4 is 17.3 Å². The molecular formula is C16H25N3O2. The van der Waals surface area contributed by atoms with E-state index in [1.165, 1.54) is 0 Å². The number of carbonyl (C=O) groups excluding carboxylic acids is 1. The fourth-order valence-electron chi connectivity index (χ4n) is 2.67. The number of amides is 1. The summed E-state index contributed by atoms with van der Waals surface area (Å²) in [6, 6.07) is 7.36. The minimum absolute atomic E-state index is 0.0944. The molecule has 1 aliphatic heterocycles. The molecular weight excluding hydrogens is 266 g/mol. The van der Waals surface area contributed by atoms with Gasteiger partial charge in [0.25, 0.3) is 0 Å². The summed E-state index contributed by atoms with van der Waals surface area (Å²) in [5, 5.41) is 0. The molecule has 1 atom stereocenters. The van der Waals surface area contributed by atoms with E-state index in [1.807, 2.05) is 31.2 Å². The van der Waals surface area contributed by atoms with Crippen LogP contribution < -0.4 is 10.6 Å². The van der Waals surface area contributed by atoms with Crippen molar-refractivity contribution < 1.29 is 9.53 Å². The highest BCUT2D eigenvalue weighted by molar-refractivity contribution is 5.94.